The number of carboxylic acid groups (broad SMARTS) is 1. The number of cyclic esters (lactones) is 1. The Labute approximate surface area is 320 Å². The highest BCUT2D eigenvalue weighted by atomic mass is 16.7. The van der Waals surface area contributed by atoms with Crippen LogP contribution in [-0.4, -0.2) is 84.9 Å². The summed E-state index contributed by atoms with van der Waals surface area (Å²) in [5, 5.41) is 39.1. The number of carbonyl (C=O) groups excluding carboxylic acids is 1. The molecule has 3 rings (SSSR count). The molecule has 4 N–H and O–H groups in total. The molecule has 6 atom stereocenters. The Hall–Kier alpha value is -4.42. The van der Waals surface area contributed by atoms with Crippen molar-refractivity contribution in [3.63, 3.8) is 0 Å². The number of benzene rings is 2. The van der Waals surface area contributed by atoms with Gasteiger partial charge in [0.05, 0.1) is 38.1 Å². The molecule has 1 aliphatic rings. The topological polar surface area (TPSA) is 161 Å². The van der Waals surface area contributed by atoms with Crippen LogP contribution in [0.5, 0.6) is 17.2 Å². The van der Waals surface area contributed by atoms with E-state index in [9.17, 15) is 30.0 Å². The van der Waals surface area contributed by atoms with Crippen molar-refractivity contribution in [1.29, 1.82) is 0 Å². The fourth-order valence-corrected chi connectivity index (χ4v) is 5.61. The lowest BCUT2D eigenvalue weighted by molar-refractivity contribution is 0.0345. The van der Waals surface area contributed by atoms with E-state index in [-0.39, 0.29) is 42.0 Å². The van der Waals surface area contributed by atoms with Crippen molar-refractivity contribution in [2.75, 3.05) is 28.1 Å². The van der Waals surface area contributed by atoms with E-state index < -0.39 is 24.3 Å². The van der Waals surface area contributed by atoms with E-state index in [1.807, 2.05) is 64.1 Å². The molecule has 0 fully saturated rings. The zero-order valence-electron chi connectivity index (χ0n) is 33.0. The lowest BCUT2D eigenvalue weighted by atomic mass is 9.96. The van der Waals surface area contributed by atoms with Crippen LogP contribution in [0.25, 0.3) is 12.2 Å². The Morgan fingerprint density at radius 1 is 1.02 bits per heavy atom. The Kier molecular flexibility index (Phi) is 20.4. The van der Waals surface area contributed by atoms with Gasteiger partial charge >= 0.3 is 11.9 Å². The van der Waals surface area contributed by atoms with Gasteiger partial charge in [0.1, 0.15) is 28.9 Å². The van der Waals surface area contributed by atoms with E-state index >= 15 is 0 Å². The number of rotatable bonds is 14. The number of hydrogen-bond donors (Lipinski definition) is 4. The maximum atomic E-state index is 12.7. The average Bonchev–Trinajstić information content (AvgIpc) is 3.12. The fraction of sp³-hybridized carbons (Fsp3) is 0.488. The number of carbonyl (C=O) groups is 2. The third kappa shape index (κ3) is 15.5. The van der Waals surface area contributed by atoms with Gasteiger partial charge in [-0.1, -0.05) is 62.5 Å². The summed E-state index contributed by atoms with van der Waals surface area (Å²) in [5.41, 5.74) is 2.72. The van der Waals surface area contributed by atoms with Crippen molar-refractivity contribution in [3.05, 3.63) is 88.5 Å². The molecule has 11 nitrogen and oxygen atoms in total. The Balaban J connectivity index is 0.000000377. The minimum atomic E-state index is -1.11. The standard InChI is InChI=1S/C22H32O7.C21H28O4/c1-15(19(24)11-7-9-16(2)23)8-5-6-10-17-12-18(28-4)13-20(29-14-27-3)21(17)22(25)26;1-14-8-5-6-10-17-13-18(24-4)12-15(2)20(17)21(23)25-16(3)9-7-11-19(14)22/h6-7,10-13,15-16,19,23-24H,5,8-9,14H2,1-4H3,(H,25,26);6-7,10-14,16,19,22H,5,8-9H2,1-4H3/b10-6+,11-7-;10-6?,11-7-/t15-,16-,19?;14-,16-,19?/m00/s1. The molecule has 2 aromatic rings. The molecule has 0 saturated carbocycles. The number of esters is 1. The third-order valence-corrected chi connectivity index (χ3v) is 8.93. The second kappa shape index (κ2) is 24.1. The summed E-state index contributed by atoms with van der Waals surface area (Å²) in [6.07, 6.45) is 17.1. The van der Waals surface area contributed by atoms with Gasteiger partial charge in [-0.05, 0) is 99.6 Å². The molecule has 0 aliphatic carbocycles. The van der Waals surface area contributed by atoms with Gasteiger partial charge in [0.25, 0.3) is 0 Å². The van der Waals surface area contributed by atoms with Crippen LogP contribution in [0.3, 0.4) is 0 Å². The van der Waals surface area contributed by atoms with E-state index in [1.54, 1.807) is 44.4 Å². The molecule has 298 valence electrons. The van der Waals surface area contributed by atoms with Gasteiger partial charge in [0.2, 0.25) is 0 Å². The molecule has 2 unspecified atom stereocenters. The second-order valence-electron chi connectivity index (χ2n) is 13.6. The van der Waals surface area contributed by atoms with Gasteiger partial charge in [-0.15, -0.1) is 0 Å². The van der Waals surface area contributed by atoms with E-state index in [1.165, 1.54) is 20.3 Å². The van der Waals surface area contributed by atoms with E-state index in [0.717, 1.165) is 36.1 Å². The summed E-state index contributed by atoms with van der Waals surface area (Å²) in [7, 11) is 4.57. The number of ether oxygens (including phenoxy) is 5. The number of aryl methyl sites for hydroxylation is 1. The first-order valence-electron chi connectivity index (χ1n) is 18.4. The van der Waals surface area contributed by atoms with Crippen molar-refractivity contribution in [2.24, 2.45) is 11.8 Å². The van der Waals surface area contributed by atoms with Crippen LogP contribution in [-0.2, 0) is 9.47 Å². The molecule has 0 aromatic heterocycles. The summed E-state index contributed by atoms with van der Waals surface area (Å²) in [6, 6.07) is 6.85. The summed E-state index contributed by atoms with van der Waals surface area (Å²) >= 11 is 0. The molecular formula is C43H60O11. The molecular weight excluding hydrogens is 692 g/mol. The Bertz CT molecular complexity index is 1590. The minimum Gasteiger partial charge on any atom is -0.497 e. The van der Waals surface area contributed by atoms with Crippen LogP contribution < -0.4 is 14.2 Å². The lowest BCUT2D eigenvalue weighted by Crippen LogP contribution is -2.18. The molecule has 11 heteroatoms. The lowest BCUT2D eigenvalue weighted by Gasteiger charge is -2.17. The van der Waals surface area contributed by atoms with Gasteiger partial charge in [-0.2, -0.15) is 0 Å². The molecule has 0 spiro atoms. The van der Waals surface area contributed by atoms with Crippen LogP contribution in [0.4, 0.5) is 0 Å². The predicted octanol–water partition coefficient (Wildman–Crippen LogP) is 7.79. The Morgan fingerprint density at radius 2 is 1.72 bits per heavy atom. The first-order valence-corrected chi connectivity index (χ1v) is 18.4. The number of aliphatic hydroxyl groups is 3. The number of methoxy groups -OCH3 is 3. The van der Waals surface area contributed by atoms with E-state index in [2.05, 4.69) is 0 Å². The number of fused-ring (bicyclic) bond motifs is 1. The van der Waals surface area contributed by atoms with Gasteiger partial charge in [0.15, 0.2) is 6.79 Å². The zero-order chi connectivity index (χ0) is 40.2. The number of hydrogen-bond acceptors (Lipinski definition) is 10. The summed E-state index contributed by atoms with van der Waals surface area (Å²) in [5.74, 6) is 0.132. The molecule has 0 saturated heterocycles. The van der Waals surface area contributed by atoms with Crippen molar-refractivity contribution in [1.82, 2.24) is 0 Å². The second-order valence-corrected chi connectivity index (χ2v) is 13.6. The first kappa shape index (κ1) is 45.7. The molecule has 2 aromatic carbocycles. The zero-order valence-corrected chi connectivity index (χ0v) is 33.0. The van der Waals surface area contributed by atoms with Crippen LogP contribution in [0.15, 0.2) is 60.7 Å². The van der Waals surface area contributed by atoms with Gasteiger partial charge in [-0.25, -0.2) is 9.59 Å². The Morgan fingerprint density at radius 3 is 2.37 bits per heavy atom. The highest BCUT2D eigenvalue weighted by Crippen LogP contribution is 2.31. The molecule has 1 heterocycles. The number of allylic oxidation sites excluding steroid dienone is 2. The largest absolute Gasteiger partial charge is 0.497 e. The third-order valence-electron chi connectivity index (χ3n) is 8.93. The van der Waals surface area contributed by atoms with Crippen LogP contribution >= 0.6 is 0 Å². The summed E-state index contributed by atoms with van der Waals surface area (Å²) in [6.45, 7) is 9.35. The summed E-state index contributed by atoms with van der Waals surface area (Å²) in [4.78, 5) is 24.4. The summed E-state index contributed by atoms with van der Waals surface area (Å²) < 4.78 is 26.4. The van der Waals surface area contributed by atoms with Gasteiger partial charge < -0.3 is 44.1 Å². The van der Waals surface area contributed by atoms with Crippen molar-refractivity contribution < 1.29 is 53.7 Å². The van der Waals surface area contributed by atoms with Crippen molar-refractivity contribution in [3.8, 4) is 17.2 Å². The monoisotopic (exact) mass is 752 g/mol. The van der Waals surface area contributed by atoms with Crippen molar-refractivity contribution >= 4 is 24.1 Å². The molecule has 54 heavy (non-hydrogen) atoms. The van der Waals surface area contributed by atoms with Crippen LogP contribution in [0, 0.1) is 18.8 Å². The van der Waals surface area contributed by atoms with E-state index in [4.69, 9.17) is 23.7 Å². The number of aromatic carboxylic acids is 1. The maximum Gasteiger partial charge on any atom is 0.340 e. The van der Waals surface area contributed by atoms with Gasteiger partial charge in [-0.3, -0.25) is 0 Å². The highest BCUT2D eigenvalue weighted by molar-refractivity contribution is 5.96. The molecule has 0 amide bonds. The minimum absolute atomic E-state index is 0.0229. The molecule has 0 bridgehead atoms. The van der Waals surface area contributed by atoms with Crippen LogP contribution in [0.2, 0.25) is 0 Å². The highest BCUT2D eigenvalue weighted by Gasteiger charge is 2.20. The first-order chi connectivity index (χ1) is 25.7. The predicted molar refractivity (Wildman–Crippen MR) is 211 cm³/mol. The number of carboxylic acids is 1. The SMILES string of the molecule is COCOc1cc(OC)cc(/C=C/CC[C@H](C)C(O)/C=C\C[C@H](C)O)c1C(=O)O.COc1cc(C)c2c(c1)C=CCC[C@H](C)C(O)/C=C\C[C@H](C)OC2=O. The maximum absolute atomic E-state index is 12.7. The quantitative estimate of drug-likeness (QED) is 0.0847. The van der Waals surface area contributed by atoms with Crippen molar-refractivity contribution in [2.45, 2.75) is 97.6 Å². The normalized spacial score (nSPS) is 20.1. The fourth-order valence-electron chi connectivity index (χ4n) is 5.61. The van der Waals surface area contributed by atoms with Crippen LogP contribution in [0.1, 0.15) is 104 Å². The van der Waals surface area contributed by atoms with Gasteiger partial charge in [0, 0.05) is 19.6 Å². The molecule has 1 aliphatic heterocycles. The average molecular weight is 753 g/mol. The smallest absolute Gasteiger partial charge is 0.340 e. The number of aliphatic hydroxyl groups excluding tert-OH is 3. The molecule has 0 radical (unpaired) electrons. The van der Waals surface area contributed by atoms with E-state index in [0.29, 0.717) is 36.1 Å².